The van der Waals surface area contributed by atoms with E-state index in [0.29, 0.717) is 37.6 Å². The number of hydrogen-bond acceptors (Lipinski definition) is 6. The number of carbonyl (C=O) groups excluding carboxylic acids is 1. The topological polar surface area (TPSA) is 72.2 Å². The third kappa shape index (κ3) is 3.84. The number of amides is 1. The molecule has 144 valence electrons. The Morgan fingerprint density at radius 3 is 2.74 bits per heavy atom. The fourth-order valence-corrected chi connectivity index (χ4v) is 3.81. The molecule has 4 rings (SSSR count). The first-order valence-corrected chi connectivity index (χ1v) is 9.37. The molecule has 7 nitrogen and oxygen atoms in total. The number of methoxy groups -OCH3 is 1. The summed E-state index contributed by atoms with van der Waals surface area (Å²) in [5, 5.41) is 0.910. The Morgan fingerprint density at radius 1 is 1.22 bits per heavy atom. The van der Waals surface area contributed by atoms with Gasteiger partial charge in [-0.3, -0.25) is 9.69 Å². The average molecular weight is 372 g/mol. The van der Waals surface area contributed by atoms with Gasteiger partial charge in [-0.1, -0.05) is 0 Å². The molecule has 0 aliphatic carbocycles. The number of piperazine rings is 1. The van der Waals surface area contributed by atoms with Gasteiger partial charge in [-0.2, -0.15) is 0 Å². The maximum atomic E-state index is 12.5. The third-order valence-corrected chi connectivity index (χ3v) is 5.32. The van der Waals surface area contributed by atoms with Crippen LogP contribution in [0.4, 0.5) is 0 Å². The zero-order valence-electron chi connectivity index (χ0n) is 15.5. The number of ether oxygens (including phenoxy) is 2. The predicted octanol–water partition coefficient (Wildman–Crippen LogP) is 1.62. The Balaban J connectivity index is 1.44. The minimum Gasteiger partial charge on any atom is -0.497 e. The van der Waals surface area contributed by atoms with Gasteiger partial charge in [-0.05, 0) is 30.5 Å². The molecule has 27 heavy (non-hydrogen) atoms. The Labute approximate surface area is 157 Å². The minimum absolute atomic E-state index is 0.116. The van der Waals surface area contributed by atoms with E-state index in [1.54, 1.807) is 19.2 Å². The van der Waals surface area contributed by atoms with E-state index in [-0.39, 0.29) is 17.6 Å². The summed E-state index contributed by atoms with van der Waals surface area (Å²) in [6.45, 7) is 4.26. The van der Waals surface area contributed by atoms with Crippen LogP contribution in [-0.2, 0) is 16.1 Å². The van der Waals surface area contributed by atoms with Gasteiger partial charge in [-0.15, -0.1) is 0 Å². The average Bonchev–Trinajstić information content (AvgIpc) is 3.22. The Kier molecular flexibility index (Phi) is 5.13. The van der Waals surface area contributed by atoms with Gasteiger partial charge in [-0.25, -0.2) is 4.79 Å². The summed E-state index contributed by atoms with van der Waals surface area (Å²) in [5.74, 6) is 0.772. The van der Waals surface area contributed by atoms with Gasteiger partial charge in [0.15, 0.2) is 0 Å². The lowest BCUT2D eigenvalue weighted by molar-refractivity contribution is -0.142. The standard InChI is InChI=1S/C20H24N2O5/c1-25-15-4-5-16-14(11-19(23)27-18(16)12-15)13-21-6-8-22(9-7-21)20(24)17-3-2-10-26-17/h4-5,11-12,17H,2-3,6-10,13H2,1H3/t17-/m0/s1. The van der Waals surface area contributed by atoms with Gasteiger partial charge < -0.3 is 18.8 Å². The van der Waals surface area contributed by atoms with E-state index in [1.807, 2.05) is 17.0 Å². The van der Waals surface area contributed by atoms with Crippen LogP contribution in [-0.4, -0.2) is 61.7 Å². The van der Waals surface area contributed by atoms with Crippen molar-refractivity contribution in [2.24, 2.45) is 0 Å². The molecule has 0 radical (unpaired) electrons. The van der Waals surface area contributed by atoms with Crippen LogP contribution in [0.2, 0.25) is 0 Å². The summed E-state index contributed by atoms with van der Waals surface area (Å²) in [6.07, 6.45) is 1.54. The Morgan fingerprint density at radius 2 is 2.04 bits per heavy atom. The number of fused-ring (bicyclic) bond motifs is 1. The number of rotatable bonds is 4. The highest BCUT2D eigenvalue weighted by Gasteiger charge is 2.30. The molecule has 2 aromatic rings. The van der Waals surface area contributed by atoms with Gasteiger partial charge in [0, 0.05) is 56.8 Å². The Hall–Kier alpha value is -2.38. The van der Waals surface area contributed by atoms with Crippen molar-refractivity contribution < 1.29 is 18.7 Å². The molecule has 2 saturated heterocycles. The maximum Gasteiger partial charge on any atom is 0.336 e. The van der Waals surface area contributed by atoms with E-state index in [0.717, 1.165) is 36.9 Å². The van der Waals surface area contributed by atoms with Crippen molar-refractivity contribution in [3.63, 3.8) is 0 Å². The zero-order chi connectivity index (χ0) is 18.8. The number of hydrogen-bond donors (Lipinski definition) is 0. The van der Waals surface area contributed by atoms with Crippen molar-refractivity contribution in [3.05, 3.63) is 40.2 Å². The molecule has 1 amide bonds. The van der Waals surface area contributed by atoms with Gasteiger partial charge in [0.25, 0.3) is 5.91 Å². The molecular formula is C20H24N2O5. The van der Waals surface area contributed by atoms with Crippen LogP contribution in [0, 0.1) is 0 Å². The summed E-state index contributed by atoms with van der Waals surface area (Å²) in [6, 6.07) is 7.07. The van der Waals surface area contributed by atoms with Crippen LogP contribution in [0.1, 0.15) is 18.4 Å². The van der Waals surface area contributed by atoms with E-state index in [1.165, 1.54) is 0 Å². The van der Waals surface area contributed by atoms with E-state index >= 15 is 0 Å². The van der Waals surface area contributed by atoms with Crippen LogP contribution < -0.4 is 10.4 Å². The first kappa shape index (κ1) is 18.0. The molecule has 0 N–H and O–H groups in total. The first-order chi connectivity index (χ1) is 13.1. The number of nitrogens with zero attached hydrogens (tertiary/aromatic N) is 2. The van der Waals surface area contributed by atoms with Crippen molar-refractivity contribution in [1.82, 2.24) is 9.80 Å². The molecule has 2 aliphatic heterocycles. The molecule has 0 bridgehead atoms. The second-order valence-corrected chi connectivity index (χ2v) is 7.06. The largest absolute Gasteiger partial charge is 0.497 e. The lowest BCUT2D eigenvalue weighted by atomic mass is 10.1. The molecule has 3 heterocycles. The monoisotopic (exact) mass is 372 g/mol. The van der Waals surface area contributed by atoms with Crippen LogP contribution >= 0.6 is 0 Å². The second kappa shape index (κ2) is 7.70. The second-order valence-electron chi connectivity index (χ2n) is 7.06. The van der Waals surface area contributed by atoms with Crippen LogP contribution in [0.5, 0.6) is 5.75 Å². The summed E-state index contributed by atoms with van der Waals surface area (Å²) in [5.41, 5.74) is 1.10. The van der Waals surface area contributed by atoms with Gasteiger partial charge in [0.2, 0.25) is 0 Å². The smallest absolute Gasteiger partial charge is 0.336 e. The fourth-order valence-electron chi connectivity index (χ4n) is 3.81. The molecule has 0 saturated carbocycles. The lowest BCUT2D eigenvalue weighted by Gasteiger charge is -2.35. The lowest BCUT2D eigenvalue weighted by Crippen LogP contribution is -2.51. The minimum atomic E-state index is -0.363. The van der Waals surface area contributed by atoms with Crippen molar-refractivity contribution in [2.75, 3.05) is 39.9 Å². The highest BCUT2D eigenvalue weighted by atomic mass is 16.5. The molecule has 1 atom stereocenters. The van der Waals surface area contributed by atoms with Crippen molar-refractivity contribution >= 4 is 16.9 Å². The zero-order valence-corrected chi connectivity index (χ0v) is 15.5. The van der Waals surface area contributed by atoms with E-state index < -0.39 is 0 Å². The molecule has 7 heteroatoms. The van der Waals surface area contributed by atoms with Crippen LogP contribution in [0.25, 0.3) is 11.0 Å². The molecule has 2 fully saturated rings. The first-order valence-electron chi connectivity index (χ1n) is 9.37. The summed E-state index contributed by atoms with van der Waals surface area (Å²) in [4.78, 5) is 28.6. The van der Waals surface area contributed by atoms with Gasteiger partial charge in [0.1, 0.15) is 17.4 Å². The van der Waals surface area contributed by atoms with Crippen molar-refractivity contribution in [1.29, 1.82) is 0 Å². The van der Waals surface area contributed by atoms with E-state index in [4.69, 9.17) is 13.9 Å². The molecule has 0 spiro atoms. The SMILES string of the molecule is COc1ccc2c(CN3CCN(C(=O)[C@@H]4CCCO4)CC3)cc(=O)oc2c1. The maximum absolute atomic E-state index is 12.5. The van der Waals surface area contributed by atoms with E-state index in [2.05, 4.69) is 4.90 Å². The van der Waals surface area contributed by atoms with Gasteiger partial charge in [0.05, 0.1) is 7.11 Å². The number of carbonyl (C=O) groups is 1. The molecule has 0 unspecified atom stereocenters. The van der Waals surface area contributed by atoms with E-state index in [9.17, 15) is 9.59 Å². The number of benzene rings is 1. The Bertz CT molecular complexity index is 880. The molecule has 1 aromatic carbocycles. The van der Waals surface area contributed by atoms with Gasteiger partial charge >= 0.3 is 5.63 Å². The van der Waals surface area contributed by atoms with Crippen molar-refractivity contribution in [3.8, 4) is 5.75 Å². The summed E-state index contributed by atoms with van der Waals surface area (Å²) in [7, 11) is 1.58. The third-order valence-electron chi connectivity index (χ3n) is 5.32. The quantitative estimate of drug-likeness (QED) is 0.760. The van der Waals surface area contributed by atoms with Crippen molar-refractivity contribution in [2.45, 2.75) is 25.5 Å². The summed E-state index contributed by atoms with van der Waals surface area (Å²) >= 11 is 0. The van der Waals surface area contributed by atoms with Crippen LogP contribution in [0.15, 0.2) is 33.5 Å². The molecular weight excluding hydrogens is 348 g/mol. The highest BCUT2D eigenvalue weighted by molar-refractivity contribution is 5.82. The highest BCUT2D eigenvalue weighted by Crippen LogP contribution is 2.24. The van der Waals surface area contributed by atoms with Crippen LogP contribution in [0.3, 0.4) is 0 Å². The predicted molar refractivity (Wildman–Crippen MR) is 99.9 cm³/mol. The molecule has 2 aliphatic rings. The summed E-state index contributed by atoms with van der Waals surface area (Å²) < 4.78 is 16.0. The normalized spacial score (nSPS) is 20.9. The fraction of sp³-hybridized carbons (Fsp3) is 0.500. The molecule has 1 aromatic heterocycles.